The monoisotopic (exact) mass is 189 g/mol. The second kappa shape index (κ2) is 4.88. The van der Waals surface area contributed by atoms with E-state index in [1.54, 1.807) is 0 Å². The molecule has 1 nitrogen and oxygen atoms in total. The average Bonchev–Trinajstić information content (AvgIpc) is 2.37. The van der Waals surface area contributed by atoms with Crippen LogP contribution in [0.5, 0.6) is 0 Å². The summed E-state index contributed by atoms with van der Waals surface area (Å²) in [7, 11) is 4.63. The predicted molar refractivity (Wildman–Crippen MR) is 49.4 cm³/mol. The van der Waals surface area contributed by atoms with Crippen molar-refractivity contribution in [1.29, 1.82) is 0 Å². The zero-order valence-electron chi connectivity index (χ0n) is 8.22. The molecule has 0 amide bonds. The summed E-state index contributed by atoms with van der Waals surface area (Å²) >= 11 is 0. The highest BCUT2D eigenvalue weighted by molar-refractivity contribution is 4.71. The van der Waals surface area contributed by atoms with Crippen molar-refractivity contribution in [3.05, 3.63) is 12.7 Å². The summed E-state index contributed by atoms with van der Waals surface area (Å²) in [6.45, 7) is 4.92. The fraction of sp³-hybridized carbons (Fsp3) is 0.800. The van der Waals surface area contributed by atoms with Gasteiger partial charge in [-0.05, 0) is 31.8 Å². The fourth-order valence-corrected chi connectivity index (χ4v) is 2.09. The third-order valence-electron chi connectivity index (χ3n) is 2.91. The van der Waals surface area contributed by atoms with E-state index in [4.69, 9.17) is 0 Å². The molecular formula is C10H20ClN. The quantitative estimate of drug-likeness (QED) is 0.403. The Morgan fingerprint density at radius 2 is 1.83 bits per heavy atom. The van der Waals surface area contributed by atoms with Crippen molar-refractivity contribution in [2.75, 3.05) is 20.6 Å². The molecule has 1 aliphatic carbocycles. The van der Waals surface area contributed by atoms with Crippen LogP contribution in [0.4, 0.5) is 0 Å². The first-order valence-electron chi connectivity index (χ1n) is 4.60. The van der Waals surface area contributed by atoms with E-state index in [2.05, 4.69) is 20.7 Å². The molecule has 12 heavy (non-hydrogen) atoms. The molecule has 0 aromatic carbocycles. The predicted octanol–water partition coefficient (Wildman–Crippen LogP) is -0.805. The van der Waals surface area contributed by atoms with Crippen LogP contribution < -0.4 is 12.4 Å². The van der Waals surface area contributed by atoms with Gasteiger partial charge in [0.25, 0.3) is 0 Å². The zero-order valence-corrected chi connectivity index (χ0v) is 8.98. The lowest BCUT2D eigenvalue weighted by molar-refractivity contribution is -0.908. The Morgan fingerprint density at radius 1 is 1.33 bits per heavy atom. The van der Waals surface area contributed by atoms with Gasteiger partial charge in [0.15, 0.2) is 0 Å². The molecule has 0 radical (unpaired) electrons. The summed E-state index contributed by atoms with van der Waals surface area (Å²) in [6.07, 6.45) is 7.74. The van der Waals surface area contributed by atoms with Crippen molar-refractivity contribution in [2.45, 2.75) is 31.7 Å². The van der Waals surface area contributed by atoms with E-state index < -0.39 is 0 Å². The molecule has 72 valence electrons. The molecule has 1 fully saturated rings. The van der Waals surface area contributed by atoms with E-state index in [0.717, 1.165) is 17.1 Å². The lowest BCUT2D eigenvalue weighted by Crippen LogP contribution is -3.00. The van der Waals surface area contributed by atoms with Crippen molar-refractivity contribution < 1.29 is 16.9 Å². The van der Waals surface area contributed by atoms with Crippen LogP contribution in [0.15, 0.2) is 12.7 Å². The molecule has 1 rings (SSSR count). The van der Waals surface area contributed by atoms with Crippen LogP contribution in [-0.2, 0) is 0 Å². The van der Waals surface area contributed by atoms with Gasteiger partial charge in [-0.15, -0.1) is 0 Å². The minimum absolute atomic E-state index is 0. The Morgan fingerprint density at radius 3 is 2.25 bits per heavy atom. The van der Waals surface area contributed by atoms with Gasteiger partial charge in [-0.25, -0.2) is 0 Å². The Kier molecular flexibility index (Phi) is 4.88. The Bertz CT molecular complexity index is 137. The molecule has 0 heterocycles. The summed E-state index contributed by atoms with van der Waals surface area (Å²) in [5.74, 6) is 0. The molecule has 0 saturated heterocycles. The van der Waals surface area contributed by atoms with Gasteiger partial charge in [-0.2, -0.15) is 0 Å². The van der Waals surface area contributed by atoms with Gasteiger partial charge in [0.05, 0.1) is 26.7 Å². The number of hydrogen-bond acceptors (Lipinski definition) is 0. The first-order valence-corrected chi connectivity index (χ1v) is 4.60. The van der Waals surface area contributed by atoms with Gasteiger partial charge < -0.3 is 16.9 Å². The number of hydrogen-bond donors (Lipinski definition) is 0. The Labute approximate surface area is 82.5 Å². The molecule has 0 spiro atoms. The lowest BCUT2D eigenvalue weighted by Gasteiger charge is -2.35. The van der Waals surface area contributed by atoms with Crippen LogP contribution >= 0.6 is 0 Å². The number of likely N-dealkylation sites (N-methyl/N-ethyl adjacent to an activating group) is 1. The number of quaternary nitrogens is 1. The molecule has 1 aliphatic rings. The first kappa shape index (κ1) is 12.0. The summed E-state index contributed by atoms with van der Waals surface area (Å²) in [6, 6.07) is 0.896. The molecule has 0 unspecified atom stereocenters. The SMILES string of the molecule is C=CC[N+](C)(C)C1CCCC1.[Cl-]. The molecule has 2 heteroatoms. The average molecular weight is 190 g/mol. The van der Waals surface area contributed by atoms with Gasteiger partial charge in [0.1, 0.15) is 0 Å². The summed E-state index contributed by atoms with van der Waals surface area (Å²) in [5, 5.41) is 0. The van der Waals surface area contributed by atoms with Crippen LogP contribution in [0.3, 0.4) is 0 Å². The highest BCUT2D eigenvalue weighted by Gasteiger charge is 2.29. The lowest BCUT2D eigenvalue weighted by atomic mass is 10.2. The van der Waals surface area contributed by atoms with Crippen molar-refractivity contribution in [2.24, 2.45) is 0 Å². The maximum atomic E-state index is 3.80. The molecule has 0 aromatic heterocycles. The largest absolute Gasteiger partial charge is 1.00 e. The first-order chi connectivity index (χ1) is 5.17. The minimum atomic E-state index is 0. The third-order valence-corrected chi connectivity index (χ3v) is 2.91. The van der Waals surface area contributed by atoms with Crippen LogP contribution in [0.1, 0.15) is 25.7 Å². The maximum absolute atomic E-state index is 3.80. The van der Waals surface area contributed by atoms with Crippen LogP contribution in [0, 0.1) is 0 Å². The highest BCUT2D eigenvalue weighted by atomic mass is 35.5. The summed E-state index contributed by atoms with van der Waals surface area (Å²) in [4.78, 5) is 0. The van der Waals surface area contributed by atoms with Gasteiger partial charge >= 0.3 is 0 Å². The smallest absolute Gasteiger partial charge is 0.0969 e. The van der Waals surface area contributed by atoms with Crippen molar-refractivity contribution in [3.8, 4) is 0 Å². The van der Waals surface area contributed by atoms with Gasteiger partial charge in [-0.1, -0.05) is 6.58 Å². The second-order valence-electron chi connectivity index (χ2n) is 4.19. The van der Waals surface area contributed by atoms with Gasteiger partial charge in [0, 0.05) is 0 Å². The van der Waals surface area contributed by atoms with E-state index in [-0.39, 0.29) is 12.4 Å². The molecule has 0 N–H and O–H groups in total. The third kappa shape index (κ3) is 2.80. The standard InChI is InChI=1S/C10H20N.ClH/c1-4-9-11(2,3)10-7-5-6-8-10;/h4,10H,1,5-9H2,2-3H3;1H/q+1;/p-1. The van der Waals surface area contributed by atoms with Crippen molar-refractivity contribution in [1.82, 2.24) is 0 Å². The van der Waals surface area contributed by atoms with Gasteiger partial charge in [-0.3, -0.25) is 0 Å². The zero-order chi connectivity index (χ0) is 8.32. The van der Waals surface area contributed by atoms with Gasteiger partial charge in [0.2, 0.25) is 0 Å². The van der Waals surface area contributed by atoms with Crippen LogP contribution in [0.2, 0.25) is 0 Å². The van der Waals surface area contributed by atoms with E-state index >= 15 is 0 Å². The van der Waals surface area contributed by atoms with E-state index in [9.17, 15) is 0 Å². The Hall–Kier alpha value is -0.0100. The molecule has 0 aromatic rings. The maximum Gasteiger partial charge on any atom is 0.0969 e. The van der Waals surface area contributed by atoms with E-state index in [1.165, 1.54) is 25.7 Å². The normalized spacial score (nSPS) is 18.8. The van der Waals surface area contributed by atoms with E-state index in [1.807, 2.05) is 6.08 Å². The highest BCUT2D eigenvalue weighted by Crippen LogP contribution is 2.26. The molecule has 1 saturated carbocycles. The molecule has 0 atom stereocenters. The number of nitrogens with zero attached hydrogens (tertiary/aromatic N) is 1. The minimum Gasteiger partial charge on any atom is -1.00 e. The number of halogens is 1. The molecular weight excluding hydrogens is 170 g/mol. The summed E-state index contributed by atoms with van der Waals surface area (Å²) in [5.41, 5.74) is 0. The summed E-state index contributed by atoms with van der Waals surface area (Å²) < 4.78 is 1.14. The fourth-order valence-electron chi connectivity index (χ4n) is 2.09. The number of rotatable bonds is 3. The second-order valence-corrected chi connectivity index (χ2v) is 4.19. The Balaban J connectivity index is 0.00000121. The molecule has 0 aliphatic heterocycles. The van der Waals surface area contributed by atoms with Crippen LogP contribution in [-0.4, -0.2) is 31.2 Å². The molecule has 0 bridgehead atoms. The van der Waals surface area contributed by atoms with Crippen molar-refractivity contribution in [3.63, 3.8) is 0 Å². The topological polar surface area (TPSA) is 0 Å². The van der Waals surface area contributed by atoms with E-state index in [0.29, 0.717) is 0 Å². The van der Waals surface area contributed by atoms with Crippen molar-refractivity contribution >= 4 is 0 Å². The van der Waals surface area contributed by atoms with Crippen LogP contribution in [0.25, 0.3) is 0 Å².